The molecular weight excluding hydrogens is 556 g/mol. The maximum Gasteiger partial charge on any atom is 0.270 e. The van der Waals surface area contributed by atoms with Crippen LogP contribution in [0.4, 0.5) is 8.78 Å². The molecule has 5 atom stereocenters. The van der Waals surface area contributed by atoms with Crippen LogP contribution in [0.15, 0.2) is 71.8 Å². The minimum absolute atomic E-state index is 0.0132. The van der Waals surface area contributed by atoms with Crippen LogP contribution >= 0.6 is 0 Å². The van der Waals surface area contributed by atoms with Gasteiger partial charge in [0.25, 0.3) is 17.7 Å². The van der Waals surface area contributed by atoms with Gasteiger partial charge in [0.2, 0.25) is 5.91 Å². The summed E-state index contributed by atoms with van der Waals surface area (Å²) in [4.78, 5) is 41.3. The molecule has 3 aliphatic rings. The number of aliphatic hydroxyl groups is 1. The van der Waals surface area contributed by atoms with Gasteiger partial charge >= 0.3 is 0 Å². The second-order valence-electron chi connectivity index (χ2n) is 11.7. The average Bonchev–Trinajstić information content (AvgIpc) is 3.50. The summed E-state index contributed by atoms with van der Waals surface area (Å²) in [5, 5.41) is 27.0. The number of hydrogen-bond donors (Lipinski definition) is 4. The number of hydrogen-bond acceptors (Lipinski definition) is 5. The smallest absolute Gasteiger partial charge is 0.270 e. The van der Waals surface area contributed by atoms with Crippen molar-refractivity contribution < 1.29 is 33.4 Å². The maximum absolute atomic E-state index is 15.1. The molecule has 1 heterocycles. The predicted molar refractivity (Wildman–Crippen MR) is 156 cm³/mol. The van der Waals surface area contributed by atoms with Crippen LogP contribution in [0.25, 0.3) is 0 Å². The molecule has 43 heavy (non-hydrogen) atoms. The van der Waals surface area contributed by atoms with Crippen molar-refractivity contribution in [3.05, 3.63) is 88.5 Å². The Kier molecular flexibility index (Phi) is 8.69. The maximum atomic E-state index is 15.1. The number of benzene rings is 2. The van der Waals surface area contributed by atoms with E-state index in [4.69, 9.17) is 0 Å². The molecule has 0 spiro atoms. The van der Waals surface area contributed by atoms with E-state index in [1.54, 1.807) is 37.3 Å². The molecule has 5 rings (SSSR count). The highest BCUT2D eigenvalue weighted by molar-refractivity contribution is 5.97. The molecule has 0 aromatic heterocycles. The first kappa shape index (κ1) is 30.4. The van der Waals surface area contributed by atoms with Gasteiger partial charge < -0.3 is 25.7 Å². The van der Waals surface area contributed by atoms with E-state index in [1.807, 2.05) is 12.2 Å². The molecule has 228 valence electrons. The van der Waals surface area contributed by atoms with E-state index >= 15 is 8.78 Å². The number of nitrogens with zero attached hydrogens (tertiary/aromatic N) is 1. The van der Waals surface area contributed by atoms with Crippen LogP contribution in [-0.4, -0.2) is 69.5 Å². The van der Waals surface area contributed by atoms with Crippen LogP contribution in [0.5, 0.6) is 5.75 Å². The zero-order valence-electron chi connectivity index (χ0n) is 24.2. The summed E-state index contributed by atoms with van der Waals surface area (Å²) in [7, 11) is 0. The molecule has 1 aliphatic heterocycles. The van der Waals surface area contributed by atoms with Gasteiger partial charge in [0.1, 0.15) is 11.8 Å². The summed E-state index contributed by atoms with van der Waals surface area (Å²) in [6, 6.07) is 10.2. The number of alkyl halides is 2. The fourth-order valence-electron chi connectivity index (χ4n) is 6.36. The molecule has 4 N–H and O–H groups in total. The lowest BCUT2D eigenvalue weighted by Gasteiger charge is -2.31. The van der Waals surface area contributed by atoms with Crippen LogP contribution < -0.4 is 10.6 Å². The first-order valence-corrected chi connectivity index (χ1v) is 14.7. The number of aromatic hydroxyl groups is 1. The fraction of sp³-hybridized carbons (Fsp3) is 0.424. The molecule has 2 aromatic rings. The molecule has 1 saturated heterocycles. The van der Waals surface area contributed by atoms with Crippen LogP contribution in [0.1, 0.15) is 54.1 Å². The molecule has 1 unspecified atom stereocenters. The van der Waals surface area contributed by atoms with Gasteiger partial charge in [-0.05, 0) is 62.3 Å². The first-order valence-electron chi connectivity index (χ1n) is 14.7. The number of carbonyl (C=O) groups excluding carboxylic acids is 3. The summed E-state index contributed by atoms with van der Waals surface area (Å²) < 4.78 is 30.2. The minimum atomic E-state index is -3.36. The Morgan fingerprint density at radius 2 is 1.84 bits per heavy atom. The molecule has 1 fully saturated rings. The summed E-state index contributed by atoms with van der Waals surface area (Å²) in [5.74, 6) is -7.36. The lowest BCUT2D eigenvalue weighted by Crippen LogP contribution is -2.57. The van der Waals surface area contributed by atoms with Crippen molar-refractivity contribution in [3.63, 3.8) is 0 Å². The summed E-state index contributed by atoms with van der Waals surface area (Å²) >= 11 is 0. The highest BCUT2D eigenvalue weighted by Crippen LogP contribution is 2.39. The number of rotatable bonds is 8. The van der Waals surface area contributed by atoms with Crippen molar-refractivity contribution in [2.45, 2.75) is 76.1 Å². The highest BCUT2D eigenvalue weighted by atomic mass is 19.3. The van der Waals surface area contributed by atoms with E-state index < -0.39 is 54.3 Å². The van der Waals surface area contributed by atoms with E-state index in [1.165, 1.54) is 30.7 Å². The van der Waals surface area contributed by atoms with E-state index in [0.717, 1.165) is 29.7 Å². The van der Waals surface area contributed by atoms with Gasteiger partial charge in [-0.15, -0.1) is 0 Å². The molecule has 0 saturated carbocycles. The molecule has 2 aromatic carbocycles. The zero-order valence-corrected chi connectivity index (χ0v) is 24.2. The molecule has 8 nitrogen and oxygen atoms in total. The van der Waals surface area contributed by atoms with Crippen molar-refractivity contribution in [1.82, 2.24) is 15.5 Å². The summed E-state index contributed by atoms with van der Waals surface area (Å²) in [6.07, 6.45) is 5.40. The largest absolute Gasteiger partial charge is 0.508 e. The van der Waals surface area contributed by atoms with Gasteiger partial charge in [-0.3, -0.25) is 14.4 Å². The second kappa shape index (κ2) is 12.3. The van der Waals surface area contributed by atoms with Crippen LogP contribution in [0.3, 0.4) is 0 Å². The number of aliphatic hydroxyl groups excluding tert-OH is 1. The predicted octanol–water partition coefficient (Wildman–Crippen LogP) is 3.81. The van der Waals surface area contributed by atoms with Crippen molar-refractivity contribution in [1.29, 1.82) is 0 Å². The van der Waals surface area contributed by atoms with Crippen molar-refractivity contribution in [2.75, 3.05) is 6.54 Å². The van der Waals surface area contributed by atoms with Crippen LogP contribution in [0.2, 0.25) is 0 Å². The van der Waals surface area contributed by atoms with Gasteiger partial charge in [0.05, 0.1) is 24.5 Å². The minimum Gasteiger partial charge on any atom is -0.508 e. The topological polar surface area (TPSA) is 119 Å². The number of phenols is 1. The monoisotopic (exact) mass is 593 g/mol. The van der Waals surface area contributed by atoms with Crippen molar-refractivity contribution in [3.8, 4) is 5.75 Å². The fourth-order valence-corrected chi connectivity index (χ4v) is 6.36. The molecule has 0 bridgehead atoms. The SMILES string of the molecule is Cc1c(O)cccc1C(=O)N[C@@H](Cc1ccccc1)[C@H](O)C(=O)N1CC(F)(F)C(C)[C@H]1C(=O)N[C@H]1CCC2=C1C=CCC2. The lowest BCUT2D eigenvalue weighted by molar-refractivity contribution is -0.147. The number of amides is 3. The number of halogens is 2. The number of likely N-dealkylation sites (tertiary alicyclic amines) is 1. The van der Waals surface area contributed by atoms with Gasteiger partial charge in [0, 0.05) is 11.1 Å². The van der Waals surface area contributed by atoms with E-state index in [0.29, 0.717) is 17.5 Å². The second-order valence-corrected chi connectivity index (χ2v) is 11.7. The number of nitrogens with one attached hydrogen (secondary N) is 2. The van der Waals surface area contributed by atoms with E-state index in [-0.39, 0.29) is 23.8 Å². The third-order valence-corrected chi connectivity index (χ3v) is 8.95. The van der Waals surface area contributed by atoms with E-state index in [9.17, 15) is 24.6 Å². The quantitative estimate of drug-likeness (QED) is 0.371. The van der Waals surface area contributed by atoms with Gasteiger partial charge in [-0.2, -0.15) is 0 Å². The Balaban J connectivity index is 1.39. The Hall–Kier alpha value is -4.05. The Labute approximate surface area is 249 Å². The van der Waals surface area contributed by atoms with Gasteiger partial charge in [-0.25, -0.2) is 8.78 Å². The van der Waals surface area contributed by atoms with Gasteiger partial charge in [0.15, 0.2) is 6.10 Å². The molecule has 2 aliphatic carbocycles. The lowest BCUT2D eigenvalue weighted by atomic mass is 9.96. The van der Waals surface area contributed by atoms with Crippen LogP contribution in [0, 0.1) is 12.8 Å². The summed E-state index contributed by atoms with van der Waals surface area (Å²) in [6.45, 7) is 1.76. The number of phenolic OH excluding ortho intramolecular Hbond substituents is 1. The first-order chi connectivity index (χ1) is 20.5. The molecule has 3 amide bonds. The number of carbonyl (C=O) groups is 3. The summed E-state index contributed by atoms with van der Waals surface area (Å²) in [5.41, 5.74) is 3.39. The normalized spacial score (nSPS) is 23.9. The van der Waals surface area contributed by atoms with Crippen molar-refractivity contribution >= 4 is 17.7 Å². The Morgan fingerprint density at radius 3 is 2.58 bits per heavy atom. The highest BCUT2D eigenvalue weighted by Gasteiger charge is 2.57. The van der Waals surface area contributed by atoms with Gasteiger partial charge in [-0.1, -0.05) is 61.0 Å². The molecule has 0 radical (unpaired) electrons. The van der Waals surface area contributed by atoms with Crippen LogP contribution in [-0.2, 0) is 16.0 Å². The van der Waals surface area contributed by atoms with Crippen molar-refractivity contribution in [2.24, 2.45) is 5.92 Å². The standard InChI is InChI=1S/C33H37F2N3O5/c1-19-23(13-8-14-27(19)39)30(41)37-26(17-21-9-4-3-5-10-21)29(40)32(43)38-18-33(34,35)20(2)28(38)31(42)36-25-16-15-22-11-6-7-12-24(22)25/h3-5,7-10,12-14,20,25-26,28-29,39-40H,6,11,15-18H2,1-2H3,(H,36,42)(H,37,41)/t20?,25-,26-,28-,29-/m0/s1. The number of allylic oxidation sites excluding steroid dienone is 2. The third kappa shape index (κ3) is 6.20. The zero-order chi connectivity index (χ0) is 30.9. The molecule has 10 heteroatoms. The molecular formula is C33H37F2N3O5. The Morgan fingerprint density at radius 1 is 1.09 bits per heavy atom. The third-order valence-electron chi connectivity index (χ3n) is 8.95. The average molecular weight is 594 g/mol. The van der Waals surface area contributed by atoms with E-state index in [2.05, 4.69) is 10.6 Å². The Bertz CT molecular complexity index is 1460.